The molecule has 0 saturated carbocycles. The number of hydrogen-bond donors (Lipinski definition) is 11. The summed E-state index contributed by atoms with van der Waals surface area (Å²) < 4.78 is 23.0. The number of aliphatic imine (C=N–C) groups is 1. The van der Waals surface area contributed by atoms with Crippen molar-refractivity contribution in [2.45, 2.75) is 44.7 Å². The van der Waals surface area contributed by atoms with Crippen molar-refractivity contribution in [1.82, 2.24) is 51.5 Å². The first-order valence-electron chi connectivity index (χ1n) is 28.3. The predicted octanol–water partition coefficient (Wildman–Crippen LogP) is -0.734. The molecule has 3 aromatic carbocycles. The van der Waals surface area contributed by atoms with Gasteiger partial charge in [0.2, 0.25) is 23.6 Å². The molecule has 0 bridgehead atoms. The van der Waals surface area contributed by atoms with Crippen LogP contribution in [0, 0.1) is 0 Å². The van der Waals surface area contributed by atoms with Gasteiger partial charge < -0.3 is 77.0 Å². The minimum absolute atomic E-state index is 0.0108. The molecule has 468 valence electrons. The average Bonchev–Trinajstić information content (AvgIpc) is 3.50. The van der Waals surface area contributed by atoms with Crippen LogP contribution < -0.4 is 42.4 Å². The molecular formula is C57H84N12O16. The zero-order valence-electron chi connectivity index (χ0n) is 48.3. The van der Waals surface area contributed by atoms with Gasteiger partial charge in [0.25, 0.3) is 0 Å². The van der Waals surface area contributed by atoms with Gasteiger partial charge in [-0.3, -0.25) is 53.2 Å². The summed E-state index contributed by atoms with van der Waals surface area (Å²) in [6.07, 6.45) is 0.825. The smallest absolute Gasteiger partial charge is 0.344 e. The van der Waals surface area contributed by atoms with E-state index in [0.29, 0.717) is 55.9 Å². The number of urea groups is 1. The topological polar surface area (TPSA) is 378 Å². The van der Waals surface area contributed by atoms with Gasteiger partial charge in [-0.1, -0.05) is 61.5 Å². The Balaban J connectivity index is 1.20. The van der Waals surface area contributed by atoms with Crippen molar-refractivity contribution < 1.29 is 77.7 Å². The summed E-state index contributed by atoms with van der Waals surface area (Å²) >= 11 is 0. The van der Waals surface area contributed by atoms with E-state index >= 15 is 0 Å². The third kappa shape index (κ3) is 30.4. The van der Waals surface area contributed by atoms with Gasteiger partial charge in [-0.15, -0.1) is 0 Å². The number of aromatic hydroxyl groups is 1. The lowest BCUT2D eigenvalue weighted by Gasteiger charge is -2.32. The van der Waals surface area contributed by atoms with Crippen LogP contribution in [0.2, 0.25) is 0 Å². The molecule has 28 nitrogen and oxygen atoms in total. The summed E-state index contributed by atoms with van der Waals surface area (Å²) in [5.74, 6) is -4.87. The number of carboxylic acid groups (broad SMARTS) is 3. The number of nitrogens with zero attached hydrogens (tertiary/aromatic N) is 5. The van der Waals surface area contributed by atoms with Gasteiger partial charge in [0.1, 0.15) is 24.1 Å². The van der Waals surface area contributed by atoms with E-state index in [1.54, 1.807) is 58.0 Å². The molecule has 0 radical (unpaired) electrons. The number of hydrogen-bond acceptors (Lipinski definition) is 17. The fourth-order valence-corrected chi connectivity index (χ4v) is 8.65. The average molecular weight is 1190 g/mol. The van der Waals surface area contributed by atoms with Crippen LogP contribution in [0.1, 0.15) is 48.8 Å². The maximum absolute atomic E-state index is 14.4. The number of carbonyl (C=O) groups excluding carboxylic acids is 5. The summed E-state index contributed by atoms with van der Waals surface area (Å²) in [4.78, 5) is 110. The van der Waals surface area contributed by atoms with Crippen LogP contribution in [-0.4, -0.2) is 251 Å². The molecule has 1 aliphatic rings. The zero-order chi connectivity index (χ0) is 61.6. The molecule has 4 rings (SSSR count). The van der Waals surface area contributed by atoms with E-state index in [9.17, 15) is 58.8 Å². The Morgan fingerprint density at radius 1 is 0.553 bits per heavy atom. The quantitative estimate of drug-likeness (QED) is 0.0194. The van der Waals surface area contributed by atoms with E-state index in [1.807, 2.05) is 35.2 Å². The lowest BCUT2D eigenvalue weighted by atomic mass is 9.90. The number of carboxylic acids is 3. The Morgan fingerprint density at radius 3 is 1.64 bits per heavy atom. The van der Waals surface area contributed by atoms with E-state index in [1.165, 1.54) is 12.1 Å². The van der Waals surface area contributed by atoms with Crippen molar-refractivity contribution in [2.24, 2.45) is 10.7 Å². The fourth-order valence-electron chi connectivity index (χ4n) is 8.65. The molecule has 28 heteroatoms. The molecule has 1 fully saturated rings. The van der Waals surface area contributed by atoms with Crippen LogP contribution in [0.25, 0.3) is 0 Å². The molecular weight excluding hydrogens is 1110 g/mol. The normalized spacial score (nSPS) is 14.8. The van der Waals surface area contributed by atoms with E-state index in [-0.39, 0.29) is 161 Å². The molecule has 0 spiro atoms. The Bertz CT molecular complexity index is 2530. The second kappa shape index (κ2) is 40.3. The Hall–Kier alpha value is -7.99. The second-order valence-corrected chi connectivity index (χ2v) is 19.7. The monoisotopic (exact) mass is 1190 g/mol. The molecule has 0 unspecified atom stereocenters. The number of rotatable bonds is 36. The fraction of sp³-hybridized carbons (Fsp3) is 0.526. The number of guanidine groups is 1. The maximum atomic E-state index is 14.4. The molecule has 1 saturated heterocycles. The van der Waals surface area contributed by atoms with Crippen molar-refractivity contribution in [3.63, 3.8) is 0 Å². The third-order valence-electron chi connectivity index (χ3n) is 13.0. The highest BCUT2D eigenvalue weighted by molar-refractivity contribution is 5.93. The molecule has 1 heterocycles. The van der Waals surface area contributed by atoms with E-state index < -0.39 is 47.7 Å². The van der Waals surface area contributed by atoms with Crippen LogP contribution in [0.4, 0.5) is 4.79 Å². The lowest BCUT2D eigenvalue weighted by molar-refractivity contribution is -0.140. The minimum atomic E-state index is -1.04. The highest BCUT2D eigenvalue weighted by Gasteiger charge is 2.29. The van der Waals surface area contributed by atoms with Gasteiger partial charge in [0.05, 0.1) is 71.7 Å². The number of ether oxygens (including phenoxy) is 4. The van der Waals surface area contributed by atoms with Gasteiger partial charge in [-0.25, -0.2) is 4.79 Å². The first-order valence-corrected chi connectivity index (χ1v) is 28.3. The Morgan fingerprint density at radius 2 is 1.07 bits per heavy atom. The largest absolute Gasteiger partial charge is 0.508 e. The molecule has 12 N–H and O–H groups in total. The second-order valence-electron chi connectivity index (χ2n) is 19.7. The highest BCUT2D eigenvalue weighted by atomic mass is 16.6. The van der Waals surface area contributed by atoms with Crippen molar-refractivity contribution in [1.29, 1.82) is 0 Å². The maximum Gasteiger partial charge on any atom is 0.344 e. The van der Waals surface area contributed by atoms with Crippen LogP contribution in [0.5, 0.6) is 11.5 Å². The minimum Gasteiger partial charge on any atom is -0.508 e. The standard InChI is InChI=1S/C57H84N12O16/c1-2-48(71)59-18-19-62-57(81)65-56(58)61-17-7-12-47(54(79)63-37-42-13-15-45(70)16-14-42)64-55(80)53(43-8-4-3-5-9-43)44-10-6-11-46(36-44)85-35-34-84-33-32-83-31-30-82-29-20-60-49(72)38-66-21-23-67(39-50(73)74)25-27-69(41-52(77)78)28-26-68(24-22-66)40-51(75)76/h3-6,8-11,13-16,36,47,53,70H,2,7,12,17-35,37-41H2,1H3,(H,59,71)(H,60,72)(H,63,79)(H,64,80)(H,73,74)(H,75,76)(H,77,78)(H4,58,61,62,65,81)/t47-,53-/m1/s1. The molecule has 0 aliphatic carbocycles. The summed E-state index contributed by atoms with van der Waals surface area (Å²) in [5, 5.41) is 54.8. The van der Waals surface area contributed by atoms with E-state index in [4.69, 9.17) is 24.7 Å². The highest BCUT2D eigenvalue weighted by Crippen LogP contribution is 2.28. The number of phenols is 1. The third-order valence-corrected chi connectivity index (χ3v) is 13.0. The molecule has 3 aromatic rings. The molecule has 1 aliphatic heterocycles. The van der Waals surface area contributed by atoms with Gasteiger partial charge in [0.15, 0.2) is 5.96 Å². The van der Waals surface area contributed by atoms with Gasteiger partial charge in [-0.2, -0.15) is 4.99 Å². The SMILES string of the molecule is CCC(=O)NCCNC(=O)/N=C(/N)NCCC[C@@H](NC(=O)[C@H](c1ccccc1)c1cccc(OCCOCCOCCOCCNC(=O)CN2CCN(CC(=O)O)CCN(CC(=O)O)CCN(CC(=O)O)CC2)c1)C(=O)NCc1ccc(O)cc1. The number of aliphatic carboxylic acids is 3. The van der Waals surface area contributed by atoms with Crippen LogP contribution >= 0.6 is 0 Å². The Kier molecular flexibility index (Phi) is 33.0. The van der Waals surface area contributed by atoms with Gasteiger partial charge >= 0.3 is 23.9 Å². The first kappa shape index (κ1) is 69.5. The van der Waals surface area contributed by atoms with Crippen LogP contribution in [0.15, 0.2) is 83.9 Å². The van der Waals surface area contributed by atoms with Gasteiger partial charge in [-0.05, 0) is 53.8 Å². The molecule has 6 amide bonds. The summed E-state index contributed by atoms with van der Waals surface area (Å²) in [5.41, 5.74) is 7.94. The molecule has 0 aromatic heterocycles. The first-order chi connectivity index (χ1) is 41.0. The lowest BCUT2D eigenvalue weighted by Crippen LogP contribution is -2.50. The zero-order valence-corrected chi connectivity index (χ0v) is 48.3. The van der Waals surface area contributed by atoms with Crippen molar-refractivity contribution >= 4 is 53.5 Å². The van der Waals surface area contributed by atoms with Crippen molar-refractivity contribution in [3.05, 3.63) is 95.6 Å². The Labute approximate surface area is 494 Å². The number of amides is 6. The number of phenolic OH excluding ortho intramolecular Hbond substituents is 1. The van der Waals surface area contributed by atoms with Crippen LogP contribution in [0.3, 0.4) is 0 Å². The number of carbonyl (C=O) groups is 8. The summed E-state index contributed by atoms with van der Waals surface area (Å²) in [6, 6.07) is 20.9. The van der Waals surface area contributed by atoms with Gasteiger partial charge in [0, 0.05) is 91.5 Å². The molecule has 2 atom stereocenters. The summed E-state index contributed by atoms with van der Waals surface area (Å²) in [7, 11) is 0. The van der Waals surface area contributed by atoms with E-state index in [0.717, 1.165) is 5.56 Å². The number of benzene rings is 3. The van der Waals surface area contributed by atoms with Crippen molar-refractivity contribution in [2.75, 3.05) is 151 Å². The van der Waals surface area contributed by atoms with E-state index in [2.05, 4.69) is 36.9 Å². The number of nitrogens with two attached hydrogens (primary N) is 1. The van der Waals surface area contributed by atoms with Crippen LogP contribution in [-0.2, 0) is 54.3 Å². The van der Waals surface area contributed by atoms with Crippen molar-refractivity contribution in [3.8, 4) is 11.5 Å². The molecule has 85 heavy (non-hydrogen) atoms. The predicted molar refractivity (Wildman–Crippen MR) is 312 cm³/mol. The number of nitrogens with one attached hydrogen (secondary N) is 6. The summed E-state index contributed by atoms with van der Waals surface area (Å²) in [6.45, 7) is 5.94.